The molecule has 0 unspecified atom stereocenters. The van der Waals surface area contributed by atoms with Crippen LogP contribution in [0.15, 0.2) is 0 Å². The van der Waals surface area contributed by atoms with Crippen molar-refractivity contribution in [3.63, 3.8) is 0 Å². The molecule has 2 aliphatic carbocycles. The highest BCUT2D eigenvalue weighted by Gasteiger charge is 2.56. The maximum Gasteiger partial charge on any atom is 0.235 e. The Morgan fingerprint density at radius 3 is 2.19 bits per heavy atom. The minimum absolute atomic E-state index is 0.0311. The first-order chi connectivity index (χ1) is 10.0. The van der Waals surface area contributed by atoms with Crippen molar-refractivity contribution in [3.05, 3.63) is 0 Å². The third kappa shape index (κ3) is 4.45. The first-order valence-corrected chi connectivity index (χ1v) is 8.64. The van der Waals surface area contributed by atoms with Crippen molar-refractivity contribution in [1.82, 2.24) is 10.6 Å². The molecule has 0 heterocycles. The van der Waals surface area contributed by atoms with Crippen LogP contribution in [0.1, 0.15) is 71.6 Å². The molecule has 0 atom stereocenters. The van der Waals surface area contributed by atoms with Crippen molar-refractivity contribution >= 4 is 11.8 Å². The Kier molecular flexibility index (Phi) is 5.65. The van der Waals surface area contributed by atoms with E-state index < -0.39 is 5.41 Å². The molecule has 4 heteroatoms. The van der Waals surface area contributed by atoms with Crippen molar-refractivity contribution in [2.24, 2.45) is 11.3 Å². The highest BCUT2D eigenvalue weighted by molar-refractivity contribution is 6.07. The minimum Gasteiger partial charge on any atom is -0.355 e. The van der Waals surface area contributed by atoms with E-state index in [9.17, 15) is 9.59 Å². The van der Waals surface area contributed by atoms with E-state index >= 15 is 0 Å². The molecule has 0 aromatic rings. The van der Waals surface area contributed by atoms with Crippen LogP contribution in [-0.4, -0.2) is 24.4 Å². The molecule has 0 aromatic heterocycles. The van der Waals surface area contributed by atoms with E-state index in [1.165, 1.54) is 25.7 Å². The number of carbonyl (C=O) groups excluding carboxylic acids is 2. The fourth-order valence-electron chi connectivity index (χ4n) is 3.07. The Morgan fingerprint density at radius 1 is 1.05 bits per heavy atom. The Balaban J connectivity index is 1.81. The summed E-state index contributed by atoms with van der Waals surface area (Å²) >= 11 is 0. The van der Waals surface area contributed by atoms with Crippen LogP contribution in [0.25, 0.3) is 0 Å². The van der Waals surface area contributed by atoms with Crippen LogP contribution in [0.4, 0.5) is 0 Å². The highest BCUT2D eigenvalue weighted by Crippen LogP contribution is 2.46. The summed E-state index contributed by atoms with van der Waals surface area (Å²) < 4.78 is 0. The number of rotatable bonds is 6. The summed E-state index contributed by atoms with van der Waals surface area (Å²) in [5.74, 6) is 0.478. The van der Waals surface area contributed by atoms with E-state index in [4.69, 9.17) is 0 Å². The summed E-state index contributed by atoms with van der Waals surface area (Å²) in [6, 6.07) is 0.279. The Hall–Kier alpha value is -1.06. The van der Waals surface area contributed by atoms with Gasteiger partial charge in [0.05, 0.1) is 0 Å². The Bertz CT molecular complexity index is 367. The normalized spacial score (nSPS) is 21.7. The predicted molar refractivity (Wildman–Crippen MR) is 83.8 cm³/mol. The van der Waals surface area contributed by atoms with Gasteiger partial charge in [-0.05, 0) is 38.0 Å². The van der Waals surface area contributed by atoms with Gasteiger partial charge in [0.2, 0.25) is 11.8 Å². The molecular weight excluding hydrogens is 264 g/mol. The van der Waals surface area contributed by atoms with Gasteiger partial charge in [-0.3, -0.25) is 9.59 Å². The summed E-state index contributed by atoms with van der Waals surface area (Å²) in [7, 11) is 0. The molecule has 0 spiro atoms. The zero-order valence-corrected chi connectivity index (χ0v) is 13.5. The monoisotopic (exact) mass is 294 g/mol. The van der Waals surface area contributed by atoms with Crippen LogP contribution in [0.2, 0.25) is 0 Å². The van der Waals surface area contributed by atoms with E-state index in [2.05, 4.69) is 24.5 Å². The van der Waals surface area contributed by atoms with E-state index in [-0.39, 0.29) is 17.9 Å². The van der Waals surface area contributed by atoms with Gasteiger partial charge < -0.3 is 10.6 Å². The molecule has 2 fully saturated rings. The summed E-state index contributed by atoms with van der Waals surface area (Å²) in [4.78, 5) is 24.8. The smallest absolute Gasteiger partial charge is 0.235 e. The fraction of sp³-hybridized carbons (Fsp3) is 0.882. The van der Waals surface area contributed by atoms with E-state index in [1.54, 1.807) is 0 Å². The van der Waals surface area contributed by atoms with Gasteiger partial charge in [0, 0.05) is 12.6 Å². The fourth-order valence-corrected chi connectivity index (χ4v) is 3.07. The SMILES string of the molecule is CC(C)CCNC(=O)C1(C(=O)NC2CCCCCC2)CC1. The molecule has 2 N–H and O–H groups in total. The summed E-state index contributed by atoms with van der Waals surface area (Å²) in [5.41, 5.74) is -0.747. The van der Waals surface area contributed by atoms with Crippen molar-refractivity contribution < 1.29 is 9.59 Å². The molecule has 2 saturated carbocycles. The second kappa shape index (κ2) is 7.28. The lowest BCUT2D eigenvalue weighted by Crippen LogP contribution is -2.46. The minimum atomic E-state index is -0.747. The van der Waals surface area contributed by atoms with Crippen LogP contribution < -0.4 is 10.6 Å². The molecule has 2 aliphatic rings. The molecule has 0 aliphatic heterocycles. The number of hydrogen-bond acceptors (Lipinski definition) is 2. The van der Waals surface area contributed by atoms with Crippen molar-refractivity contribution in [1.29, 1.82) is 0 Å². The van der Waals surface area contributed by atoms with Gasteiger partial charge in [-0.15, -0.1) is 0 Å². The standard InChI is InChI=1S/C17H30N2O2/c1-13(2)9-12-18-15(20)17(10-11-17)16(21)19-14-7-5-3-4-6-8-14/h13-14H,3-12H2,1-2H3,(H,18,20)(H,19,21). The van der Waals surface area contributed by atoms with E-state index in [0.717, 1.165) is 19.3 Å². The maximum atomic E-state index is 12.5. The van der Waals surface area contributed by atoms with Gasteiger partial charge in [-0.2, -0.15) is 0 Å². The summed E-state index contributed by atoms with van der Waals surface area (Å²) in [6.45, 7) is 4.95. The molecule has 2 rings (SSSR count). The topological polar surface area (TPSA) is 58.2 Å². The van der Waals surface area contributed by atoms with Gasteiger partial charge in [-0.25, -0.2) is 0 Å². The predicted octanol–water partition coefficient (Wildman–Crippen LogP) is 2.77. The van der Waals surface area contributed by atoms with Crippen LogP contribution >= 0.6 is 0 Å². The average Bonchev–Trinajstić information content (AvgIpc) is 3.24. The van der Waals surface area contributed by atoms with Crippen molar-refractivity contribution in [3.8, 4) is 0 Å². The first-order valence-electron chi connectivity index (χ1n) is 8.64. The quantitative estimate of drug-likeness (QED) is 0.584. The third-order valence-electron chi connectivity index (χ3n) is 4.82. The Labute approximate surface area is 128 Å². The zero-order valence-electron chi connectivity index (χ0n) is 13.5. The largest absolute Gasteiger partial charge is 0.355 e. The van der Waals surface area contributed by atoms with Crippen LogP contribution in [0.5, 0.6) is 0 Å². The number of hydrogen-bond donors (Lipinski definition) is 2. The average molecular weight is 294 g/mol. The van der Waals surface area contributed by atoms with Crippen LogP contribution in [0, 0.1) is 11.3 Å². The zero-order chi connectivity index (χ0) is 15.3. The number of amides is 2. The number of nitrogens with one attached hydrogen (secondary N) is 2. The molecule has 120 valence electrons. The lowest BCUT2D eigenvalue weighted by molar-refractivity contribution is -0.137. The maximum absolute atomic E-state index is 12.5. The van der Waals surface area contributed by atoms with Crippen molar-refractivity contribution in [2.75, 3.05) is 6.54 Å². The van der Waals surface area contributed by atoms with Gasteiger partial charge in [-0.1, -0.05) is 39.5 Å². The van der Waals surface area contributed by atoms with Gasteiger partial charge in [0.1, 0.15) is 5.41 Å². The van der Waals surface area contributed by atoms with Gasteiger partial charge >= 0.3 is 0 Å². The molecule has 0 radical (unpaired) electrons. The lowest BCUT2D eigenvalue weighted by atomic mass is 10.0. The Morgan fingerprint density at radius 2 is 1.67 bits per heavy atom. The molecule has 0 saturated heterocycles. The van der Waals surface area contributed by atoms with Crippen LogP contribution in [0.3, 0.4) is 0 Å². The molecular formula is C17H30N2O2. The van der Waals surface area contributed by atoms with Gasteiger partial charge in [0.25, 0.3) is 0 Å². The molecule has 4 nitrogen and oxygen atoms in total. The molecule has 21 heavy (non-hydrogen) atoms. The van der Waals surface area contributed by atoms with Crippen LogP contribution in [-0.2, 0) is 9.59 Å². The third-order valence-corrected chi connectivity index (χ3v) is 4.82. The second-order valence-corrected chi connectivity index (χ2v) is 7.18. The first kappa shape index (κ1) is 16.3. The highest BCUT2D eigenvalue weighted by atomic mass is 16.2. The van der Waals surface area contributed by atoms with Crippen molar-refractivity contribution in [2.45, 2.75) is 77.7 Å². The molecule has 0 bridgehead atoms. The summed E-state index contributed by atoms with van der Waals surface area (Å²) in [6.07, 6.45) is 9.44. The summed E-state index contributed by atoms with van der Waals surface area (Å²) in [5, 5.41) is 6.09. The molecule has 0 aromatic carbocycles. The van der Waals surface area contributed by atoms with Gasteiger partial charge in [0.15, 0.2) is 0 Å². The van der Waals surface area contributed by atoms with E-state index in [1.807, 2.05) is 0 Å². The van der Waals surface area contributed by atoms with E-state index in [0.29, 0.717) is 25.3 Å². The second-order valence-electron chi connectivity index (χ2n) is 7.18. The lowest BCUT2D eigenvalue weighted by Gasteiger charge is -2.21. The molecule has 2 amide bonds. The number of carbonyl (C=O) groups is 2.